The van der Waals surface area contributed by atoms with Crippen LogP contribution in [0.5, 0.6) is 0 Å². The lowest BCUT2D eigenvalue weighted by Crippen LogP contribution is -2.14. The van der Waals surface area contributed by atoms with Crippen molar-refractivity contribution in [1.82, 2.24) is 19.5 Å². The third kappa shape index (κ3) is 4.67. The Kier molecular flexibility index (Phi) is 6.69. The van der Waals surface area contributed by atoms with Gasteiger partial charge in [0.2, 0.25) is 0 Å². The molecule has 1 aliphatic carbocycles. The lowest BCUT2D eigenvalue weighted by Gasteiger charge is -2.21. The molecule has 0 bridgehead atoms. The molecule has 0 amide bonds. The third-order valence-corrected chi connectivity index (χ3v) is 12.7. The zero-order valence-corrected chi connectivity index (χ0v) is 32.8. The van der Waals surface area contributed by atoms with Gasteiger partial charge >= 0.3 is 0 Å². The summed E-state index contributed by atoms with van der Waals surface area (Å²) in [7, 11) is 0. The number of hydrogen-bond acceptors (Lipinski definition) is 5. The highest BCUT2D eigenvalue weighted by Crippen LogP contribution is 2.51. The summed E-state index contributed by atoms with van der Waals surface area (Å²) < 4.78 is 15.2. The maximum absolute atomic E-state index is 6.52. The second-order valence-electron chi connectivity index (χ2n) is 16.4. The molecule has 282 valence electrons. The predicted octanol–water partition coefficient (Wildman–Crippen LogP) is 14.1. The molecule has 0 unspecified atom stereocenters. The van der Waals surface area contributed by atoms with Gasteiger partial charge in [0, 0.05) is 54.5 Å². The molecule has 0 atom stereocenters. The Morgan fingerprint density at radius 3 is 1.88 bits per heavy atom. The molecule has 6 nitrogen and oxygen atoms in total. The molecule has 0 saturated carbocycles. The molecule has 0 N–H and O–H groups in total. The van der Waals surface area contributed by atoms with Gasteiger partial charge in [0.15, 0.2) is 17.5 Å². The van der Waals surface area contributed by atoms with Gasteiger partial charge in [0.25, 0.3) is 0 Å². The fourth-order valence-electron chi connectivity index (χ4n) is 9.77. The fourth-order valence-corrected chi connectivity index (χ4v) is 9.77. The Bertz CT molecular complexity index is 3770. The first-order valence-electron chi connectivity index (χ1n) is 20.3. The zero-order chi connectivity index (χ0) is 39.7. The van der Waals surface area contributed by atoms with Crippen molar-refractivity contribution in [2.24, 2.45) is 0 Å². The Morgan fingerprint density at radius 1 is 0.400 bits per heavy atom. The average molecular weight is 771 g/mol. The zero-order valence-electron chi connectivity index (χ0n) is 32.8. The summed E-state index contributed by atoms with van der Waals surface area (Å²) in [5.41, 5.74) is 14.2. The summed E-state index contributed by atoms with van der Waals surface area (Å²) in [6.45, 7) is 4.68. The van der Waals surface area contributed by atoms with E-state index in [1.165, 1.54) is 38.5 Å². The monoisotopic (exact) mass is 770 g/mol. The van der Waals surface area contributed by atoms with Crippen LogP contribution in [0.2, 0.25) is 0 Å². The van der Waals surface area contributed by atoms with Crippen molar-refractivity contribution >= 4 is 65.7 Å². The largest absolute Gasteiger partial charge is 0.456 e. The summed E-state index contributed by atoms with van der Waals surface area (Å²) in [4.78, 5) is 15.6. The minimum Gasteiger partial charge on any atom is -0.456 e. The van der Waals surface area contributed by atoms with E-state index in [1.807, 2.05) is 54.6 Å². The van der Waals surface area contributed by atoms with Crippen LogP contribution in [0.4, 0.5) is 0 Å². The molecular weight excluding hydrogens is 737 g/mol. The van der Waals surface area contributed by atoms with E-state index in [4.69, 9.17) is 23.8 Å². The molecule has 0 aliphatic heterocycles. The van der Waals surface area contributed by atoms with E-state index in [9.17, 15) is 0 Å². The van der Waals surface area contributed by atoms with E-state index in [0.29, 0.717) is 17.5 Å². The van der Waals surface area contributed by atoms with Crippen molar-refractivity contribution < 1.29 is 8.83 Å². The molecule has 60 heavy (non-hydrogen) atoms. The molecule has 1 aliphatic rings. The topological polar surface area (TPSA) is 69.9 Å². The van der Waals surface area contributed by atoms with Crippen LogP contribution in [-0.2, 0) is 5.41 Å². The fraction of sp³-hybridized carbons (Fsp3) is 0.0556. The van der Waals surface area contributed by atoms with E-state index in [-0.39, 0.29) is 5.41 Å². The highest BCUT2D eigenvalue weighted by molar-refractivity contribution is 6.12. The van der Waals surface area contributed by atoms with Crippen LogP contribution in [0.3, 0.4) is 0 Å². The number of benzene rings is 8. The van der Waals surface area contributed by atoms with Gasteiger partial charge in [0.1, 0.15) is 22.3 Å². The average Bonchev–Trinajstić information content (AvgIpc) is 4.02. The van der Waals surface area contributed by atoms with Crippen LogP contribution in [0.1, 0.15) is 25.0 Å². The Balaban J connectivity index is 1.03. The number of aromatic nitrogens is 4. The third-order valence-electron chi connectivity index (χ3n) is 12.7. The van der Waals surface area contributed by atoms with Crippen LogP contribution in [0.25, 0.3) is 117 Å². The van der Waals surface area contributed by atoms with Crippen LogP contribution < -0.4 is 0 Å². The van der Waals surface area contributed by atoms with Crippen LogP contribution in [-0.4, -0.2) is 19.5 Å². The number of rotatable bonds is 4. The summed E-state index contributed by atoms with van der Waals surface area (Å²) in [5.74, 6) is 1.64. The minimum absolute atomic E-state index is 0.130. The molecule has 0 saturated heterocycles. The summed E-state index contributed by atoms with van der Waals surface area (Å²) in [6.07, 6.45) is 0. The highest BCUT2D eigenvalue weighted by Gasteiger charge is 2.36. The quantitative estimate of drug-likeness (QED) is 0.178. The molecule has 12 aromatic rings. The van der Waals surface area contributed by atoms with Crippen LogP contribution in [0.15, 0.2) is 179 Å². The van der Waals surface area contributed by atoms with Crippen LogP contribution >= 0.6 is 0 Å². The van der Waals surface area contributed by atoms with Crippen LogP contribution in [0, 0.1) is 0 Å². The molecule has 0 radical (unpaired) electrons. The van der Waals surface area contributed by atoms with Crippen molar-refractivity contribution in [2.75, 3.05) is 0 Å². The highest BCUT2D eigenvalue weighted by atomic mass is 16.3. The molecule has 8 aromatic carbocycles. The number of fused-ring (bicyclic) bond motifs is 12. The lowest BCUT2D eigenvalue weighted by molar-refractivity contribution is 0.661. The minimum atomic E-state index is -0.130. The van der Waals surface area contributed by atoms with E-state index in [0.717, 1.165) is 71.8 Å². The normalized spacial score (nSPS) is 13.3. The first-order valence-corrected chi connectivity index (χ1v) is 20.3. The van der Waals surface area contributed by atoms with Gasteiger partial charge in [0.05, 0.1) is 16.6 Å². The van der Waals surface area contributed by atoms with Gasteiger partial charge in [-0.05, 0) is 82.9 Å². The van der Waals surface area contributed by atoms with Gasteiger partial charge in [-0.1, -0.05) is 123 Å². The predicted molar refractivity (Wildman–Crippen MR) is 243 cm³/mol. The maximum atomic E-state index is 6.52. The number of hydrogen-bond donors (Lipinski definition) is 0. The van der Waals surface area contributed by atoms with Crippen molar-refractivity contribution in [1.29, 1.82) is 0 Å². The van der Waals surface area contributed by atoms with Gasteiger partial charge in [-0.3, -0.25) is 0 Å². The Morgan fingerprint density at radius 2 is 1.03 bits per heavy atom. The Hall–Kier alpha value is -7.83. The molecular formula is C54H34N4O2. The first kappa shape index (κ1) is 33.2. The molecule has 13 rings (SSSR count). The summed E-state index contributed by atoms with van der Waals surface area (Å²) in [6, 6.07) is 59.5. The molecule has 0 fully saturated rings. The van der Waals surface area contributed by atoms with Crippen molar-refractivity contribution in [3.8, 4) is 51.0 Å². The number of furan rings is 2. The van der Waals surface area contributed by atoms with E-state index < -0.39 is 0 Å². The standard InChI is InChI=1S/C54H34N4O2/c1-54(2)43-21-7-3-15-34(43)41-29-42-35-16-4-8-22-45(35)58(46(42)30-44(41)54)33-14-11-13-31(27-33)51-55-52(32-25-26-38-36-17-5-9-23-47(36)59-49(38)28-32)57-53(56-51)40-20-12-19-39-37-18-6-10-24-48(37)60-50(39)40/h3-30H,1-2H3. The van der Waals surface area contributed by atoms with Gasteiger partial charge in [-0.2, -0.15) is 0 Å². The Labute approximate surface area is 344 Å². The van der Waals surface area contributed by atoms with E-state index in [1.54, 1.807) is 0 Å². The van der Waals surface area contributed by atoms with E-state index in [2.05, 4.69) is 134 Å². The molecule has 6 heteroatoms. The van der Waals surface area contributed by atoms with E-state index >= 15 is 0 Å². The first-order chi connectivity index (χ1) is 29.5. The lowest BCUT2D eigenvalue weighted by atomic mass is 9.82. The second-order valence-corrected chi connectivity index (χ2v) is 16.4. The maximum Gasteiger partial charge on any atom is 0.167 e. The molecule has 4 aromatic heterocycles. The summed E-state index contributed by atoms with van der Waals surface area (Å²) in [5, 5.41) is 6.64. The van der Waals surface area contributed by atoms with Crippen molar-refractivity contribution in [3.05, 3.63) is 181 Å². The van der Waals surface area contributed by atoms with Gasteiger partial charge in [-0.15, -0.1) is 0 Å². The number of para-hydroxylation sites is 4. The number of nitrogens with zero attached hydrogens (tertiary/aromatic N) is 4. The smallest absolute Gasteiger partial charge is 0.167 e. The van der Waals surface area contributed by atoms with Gasteiger partial charge in [-0.25, -0.2) is 15.0 Å². The summed E-state index contributed by atoms with van der Waals surface area (Å²) >= 11 is 0. The van der Waals surface area contributed by atoms with Crippen molar-refractivity contribution in [3.63, 3.8) is 0 Å². The molecule has 4 heterocycles. The van der Waals surface area contributed by atoms with Crippen molar-refractivity contribution in [2.45, 2.75) is 19.3 Å². The van der Waals surface area contributed by atoms with Gasteiger partial charge < -0.3 is 13.4 Å². The molecule has 0 spiro atoms. The second kappa shape index (κ2) is 12.1. The SMILES string of the molecule is CC1(C)c2ccccc2-c2cc3c4ccccc4n(-c4cccc(-c5nc(-c6ccc7c(c6)oc6ccccc67)nc(-c6cccc7c6oc6ccccc67)n5)c4)c3cc21.